The molecule has 0 aliphatic rings. The van der Waals surface area contributed by atoms with Gasteiger partial charge in [-0.25, -0.2) is 8.42 Å². The minimum atomic E-state index is -4.00. The number of carbonyl (C=O) groups excluding carboxylic acids is 2. The van der Waals surface area contributed by atoms with Gasteiger partial charge in [0.15, 0.2) is 0 Å². The largest absolute Gasteiger partial charge is 0.352 e. The third-order valence-electron chi connectivity index (χ3n) is 5.84. The number of carbonyl (C=O) groups is 2. The molecular formula is C28H30Cl3N3O4S. The smallest absolute Gasteiger partial charge is 0.244 e. The summed E-state index contributed by atoms with van der Waals surface area (Å²) in [5.41, 5.74) is 1.63. The van der Waals surface area contributed by atoms with Gasteiger partial charge in [-0.15, -0.1) is 0 Å². The molecule has 3 aromatic rings. The van der Waals surface area contributed by atoms with Gasteiger partial charge in [0.1, 0.15) is 12.6 Å². The van der Waals surface area contributed by atoms with Gasteiger partial charge in [0.25, 0.3) is 0 Å². The molecule has 39 heavy (non-hydrogen) atoms. The van der Waals surface area contributed by atoms with E-state index in [2.05, 4.69) is 5.32 Å². The number of rotatable bonds is 11. The quantitative estimate of drug-likeness (QED) is 0.287. The molecule has 1 N–H and O–H groups in total. The van der Waals surface area contributed by atoms with Crippen LogP contribution in [-0.4, -0.2) is 50.0 Å². The van der Waals surface area contributed by atoms with Crippen molar-refractivity contribution in [2.75, 3.05) is 17.1 Å². The van der Waals surface area contributed by atoms with Crippen molar-refractivity contribution < 1.29 is 18.0 Å². The summed E-state index contributed by atoms with van der Waals surface area (Å²) in [7, 11) is -4.00. The second-order valence-electron chi connectivity index (χ2n) is 9.36. The Morgan fingerprint density at radius 3 is 1.92 bits per heavy atom. The van der Waals surface area contributed by atoms with Crippen molar-refractivity contribution in [3.63, 3.8) is 0 Å². The summed E-state index contributed by atoms with van der Waals surface area (Å²) in [6.45, 7) is 3.13. The number of halogens is 3. The highest BCUT2D eigenvalue weighted by molar-refractivity contribution is 7.92. The van der Waals surface area contributed by atoms with Crippen molar-refractivity contribution >= 4 is 62.3 Å². The van der Waals surface area contributed by atoms with E-state index in [0.717, 1.165) is 21.7 Å². The first kappa shape index (κ1) is 30.8. The summed E-state index contributed by atoms with van der Waals surface area (Å²) >= 11 is 18.5. The average Bonchev–Trinajstić information content (AvgIpc) is 2.87. The molecule has 0 aliphatic carbocycles. The van der Waals surface area contributed by atoms with E-state index in [1.54, 1.807) is 0 Å². The lowest BCUT2D eigenvalue weighted by Gasteiger charge is -2.34. The van der Waals surface area contributed by atoms with Crippen LogP contribution in [0.15, 0.2) is 72.8 Å². The maximum Gasteiger partial charge on any atom is 0.244 e. The zero-order valence-corrected chi connectivity index (χ0v) is 24.9. The Morgan fingerprint density at radius 2 is 1.38 bits per heavy atom. The van der Waals surface area contributed by atoms with E-state index in [9.17, 15) is 18.0 Å². The fraction of sp³-hybridized carbons (Fsp3) is 0.286. The van der Waals surface area contributed by atoms with Crippen molar-refractivity contribution in [2.45, 2.75) is 38.9 Å². The van der Waals surface area contributed by atoms with Gasteiger partial charge in [0.2, 0.25) is 21.8 Å². The van der Waals surface area contributed by atoms with Crippen molar-refractivity contribution in [3.05, 3.63) is 99.0 Å². The first-order valence-electron chi connectivity index (χ1n) is 12.2. The van der Waals surface area contributed by atoms with Gasteiger partial charge in [-0.2, -0.15) is 0 Å². The van der Waals surface area contributed by atoms with Crippen LogP contribution in [0.2, 0.25) is 15.1 Å². The van der Waals surface area contributed by atoms with Gasteiger partial charge >= 0.3 is 0 Å². The Kier molecular flexibility index (Phi) is 10.7. The summed E-state index contributed by atoms with van der Waals surface area (Å²) in [4.78, 5) is 28.9. The minimum absolute atomic E-state index is 0.00724. The second kappa shape index (κ2) is 13.5. The minimum Gasteiger partial charge on any atom is -0.352 e. The predicted molar refractivity (Wildman–Crippen MR) is 158 cm³/mol. The number of nitrogens with zero attached hydrogens (tertiary/aromatic N) is 2. The van der Waals surface area contributed by atoms with Crippen LogP contribution in [0.25, 0.3) is 0 Å². The molecule has 0 aromatic heterocycles. The van der Waals surface area contributed by atoms with Gasteiger partial charge in [0.05, 0.1) is 27.0 Å². The number of hydrogen-bond donors (Lipinski definition) is 1. The third-order valence-corrected chi connectivity index (χ3v) is 7.99. The van der Waals surface area contributed by atoms with Crippen LogP contribution < -0.4 is 9.62 Å². The first-order valence-corrected chi connectivity index (χ1v) is 15.1. The first-order chi connectivity index (χ1) is 18.4. The van der Waals surface area contributed by atoms with E-state index < -0.39 is 28.5 Å². The van der Waals surface area contributed by atoms with Crippen molar-refractivity contribution in [1.82, 2.24) is 10.2 Å². The van der Waals surface area contributed by atoms with Gasteiger partial charge in [-0.1, -0.05) is 95.5 Å². The average molecular weight is 611 g/mol. The predicted octanol–water partition coefficient (Wildman–Crippen LogP) is 5.58. The molecule has 0 saturated carbocycles. The fourth-order valence-corrected chi connectivity index (χ4v) is 5.56. The molecule has 0 aliphatic heterocycles. The molecular weight excluding hydrogens is 581 g/mol. The van der Waals surface area contributed by atoms with Crippen molar-refractivity contribution in [3.8, 4) is 0 Å². The molecule has 3 aromatic carbocycles. The molecule has 0 spiro atoms. The van der Waals surface area contributed by atoms with Crippen LogP contribution in [0.1, 0.15) is 25.0 Å². The SMILES string of the molecule is CC(C)NC(=O)[C@@H](Cc1ccccc1)N(Cc1ccccc1)C(=O)CN(c1cc(Cl)c(Cl)cc1Cl)S(C)(=O)=O. The van der Waals surface area contributed by atoms with Crippen LogP contribution in [0.4, 0.5) is 5.69 Å². The van der Waals surface area contributed by atoms with Crippen LogP contribution in [-0.2, 0) is 32.6 Å². The van der Waals surface area contributed by atoms with E-state index in [1.807, 2.05) is 74.5 Å². The molecule has 0 bridgehead atoms. The molecule has 0 unspecified atom stereocenters. The summed E-state index contributed by atoms with van der Waals surface area (Å²) < 4.78 is 26.6. The lowest BCUT2D eigenvalue weighted by atomic mass is 10.0. The topological polar surface area (TPSA) is 86.8 Å². The highest BCUT2D eigenvalue weighted by Crippen LogP contribution is 2.35. The number of hydrogen-bond acceptors (Lipinski definition) is 4. The summed E-state index contributed by atoms with van der Waals surface area (Å²) in [6.07, 6.45) is 1.19. The van der Waals surface area contributed by atoms with E-state index in [-0.39, 0.29) is 45.7 Å². The zero-order valence-electron chi connectivity index (χ0n) is 21.8. The Labute approximate surface area is 244 Å². The molecule has 2 amide bonds. The lowest BCUT2D eigenvalue weighted by Crippen LogP contribution is -2.54. The lowest BCUT2D eigenvalue weighted by molar-refractivity contribution is -0.140. The summed E-state index contributed by atoms with van der Waals surface area (Å²) in [6, 6.07) is 20.0. The van der Waals surface area contributed by atoms with E-state index in [1.165, 1.54) is 17.0 Å². The Hall–Kier alpha value is -2.78. The standard InChI is InChI=1S/C28H30Cl3N3O4S/c1-19(2)32-28(36)26(14-20-10-6-4-7-11-20)33(17-21-12-8-5-9-13-21)27(35)18-34(39(3,37)38)25-16-23(30)22(29)15-24(25)31/h4-13,15-16,19,26H,14,17-18H2,1-3H3,(H,32,36)/t26-/m1/s1. The Morgan fingerprint density at radius 1 is 0.846 bits per heavy atom. The van der Waals surface area contributed by atoms with Gasteiger partial charge < -0.3 is 10.2 Å². The van der Waals surface area contributed by atoms with E-state index in [4.69, 9.17) is 34.8 Å². The van der Waals surface area contributed by atoms with Crippen LogP contribution in [0.3, 0.4) is 0 Å². The molecule has 0 fully saturated rings. The number of benzene rings is 3. The Bertz CT molecular complexity index is 1400. The number of sulfonamides is 1. The normalized spacial score (nSPS) is 12.2. The maximum atomic E-state index is 14.0. The second-order valence-corrected chi connectivity index (χ2v) is 12.5. The van der Waals surface area contributed by atoms with Crippen LogP contribution in [0.5, 0.6) is 0 Å². The summed E-state index contributed by atoms with van der Waals surface area (Å²) in [5, 5.41) is 3.14. The van der Waals surface area contributed by atoms with E-state index >= 15 is 0 Å². The molecule has 208 valence electrons. The monoisotopic (exact) mass is 609 g/mol. The highest BCUT2D eigenvalue weighted by Gasteiger charge is 2.33. The summed E-state index contributed by atoms with van der Waals surface area (Å²) in [5.74, 6) is -0.942. The van der Waals surface area contributed by atoms with Gasteiger partial charge in [-0.05, 0) is 37.1 Å². The van der Waals surface area contributed by atoms with Crippen molar-refractivity contribution in [2.24, 2.45) is 0 Å². The van der Waals surface area contributed by atoms with Gasteiger partial charge in [-0.3, -0.25) is 13.9 Å². The molecule has 11 heteroatoms. The third kappa shape index (κ3) is 8.60. The zero-order chi connectivity index (χ0) is 28.7. The van der Waals surface area contributed by atoms with Crippen LogP contribution >= 0.6 is 34.8 Å². The molecule has 1 atom stereocenters. The number of amides is 2. The van der Waals surface area contributed by atoms with E-state index in [0.29, 0.717) is 0 Å². The Balaban J connectivity index is 2.07. The molecule has 0 saturated heterocycles. The van der Waals surface area contributed by atoms with Crippen molar-refractivity contribution in [1.29, 1.82) is 0 Å². The number of nitrogens with one attached hydrogen (secondary N) is 1. The molecule has 3 rings (SSSR count). The highest BCUT2D eigenvalue weighted by atomic mass is 35.5. The number of anilines is 1. The van der Waals surface area contributed by atoms with Gasteiger partial charge in [0, 0.05) is 19.0 Å². The van der Waals surface area contributed by atoms with Crippen LogP contribution in [0, 0.1) is 0 Å². The fourth-order valence-electron chi connectivity index (χ4n) is 4.01. The maximum absolute atomic E-state index is 14.0. The molecule has 0 heterocycles. The molecule has 0 radical (unpaired) electrons. The molecule has 7 nitrogen and oxygen atoms in total.